The number of benzene rings is 3. The minimum absolute atomic E-state index is 0.478. The van der Waals surface area contributed by atoms with Crippen molar-refractivity contribution in [3.8, 4) is 28.4 Å². The first-order valence-corrected chi connectivity index (χ1v) is 10.2. The molecule has 3 aromatic rings. The van der Waals surface area contributed by atoms with Crippen LogP contribution in [0.1, 0.15) is 11.1 Å². The van der Waals surface area contributed by atoms with Crippen LogP contribution in [0.15, 0.2) is 65.1 Å². The third-order valence-corrected chi connectivity index (χ3v) is 4.94. The van der Waals surface area contributed by atoms with Crippen LogP contribution in [-0.2, 0) is 11.3 Å². The number of rotatable bonds is 9. The molecule has 0 spiro atoms. The van der Waals surface area contributed by atoms with E-state index in [9.17, 15) is 0 Å². The summed E-state index contributed by atoms with van der Waals surface area (Å²) >= 11 is 3.61. The third kappa shape index (κ3) is 5.99. The van der Waals surface area contributed by atoms with Crippen molar-refractivity contribution in [1.82, 2.24) is 0 Å². The van der Waals surface area contributed by atoms with Crippen LogP contribution in [0.3, 0.4) is 0 Å². The second-order valence-corrected chi connectivity index (χ2v) is 7.55. The summed E-state index contributed by atoms with van der Waals surface area (Å²) in [6, 6.07) is 20.2. The Kier molecular flexibility index (Phi) is 7.55. The molecule has 0 aliphatic carbocycles. The number of ether oxygens (including phenoxy) is 4. The molecule has 0 aromatic heterocycles. The maximum absolute atomic E-state index is 6.01. The van der Waals surface area contributed by atoms with Crippen molar-refractivity contribution in [3.63, 3.8) is 0 Å². The summed E-state index contributed by atoms with van der Waals surface area (Å²) in [4.78, 5) is 0. The molecule has 5 heteroatoms. The lowest BCUT2D eigenvalue weighted by atomic mass is 10.0. The van der Waals surface area contributed by atoms with E-state index in [1.54, 1.807) is 14.2 Å². The van der Waals surface area contributed by atoms with Crippen LogP contribution in [0.4, 0.5) is 0 Å². The highest BCUT2D eigenvalue weighted by Gasteiger charge is 2.06. The number of methoxy groups -OCH3 is 2. The minimum Gasteiger partial charge on any atom is -0.497 e. The molecule has 0 fully saturated rings. The molecule has 0 saturated carbocycles. The molecular formula is C24H25BrO4. The first-order valence-electron chi connectivity index (χ1n) is 9.38. The Balaban J connectivity index is 1.69. The Morgan fingerprint density at radius 1 is 0.759 bits per heavy atom. The number of hydrogen-bond acceptors (Lipinski definition) is 4. The summed E-state index contributed by atoms with van der Waals surface area (Å²) in [6.07, 6.45) is 0. The normalized spacial score (nSPS) is 10.6. The lowest BCUT2D eigenvalue weighted by Gasteiger charge is -2.12. The van der Waals surface area contributed by atoms with Gasteiger partial charge in [-0.25, -0.2) is 0 Å². The molecule has 0 aliphatic heterocycles. The first-order chi connectivity index (χ1) is 14.1. The molecule has 0 radical (unpaired) electrons. The predicted molar refractivity (Wildman–Crippen MR) is 119 cm³/mol. The van der Waals surface area contributed by atoms with E-state index in [0.717, 1.165) is 44.0 Å². The Labute approximate surface area is 180 Å². The van der Waals surface area contributed by atoms with Crippen LogP contribution in [0.2, 0.25) is 0 Å². The largest absolute Gasteiger partial charge is 0.497 e. The predicted octanol–water partition coefficient (Wildman–Crippen LogP) is 6.04. The number of halogens is 1. The van der Waals surface area contributed by atoms with E-state index >= 15 is 0 Å². The summed E-state index contributed by atoms with van der Waals surface area (Å²) in [5.74, 6) is 2.50. The Hall–Kier alpha value is -2.50. The minimum atomic E-state index is 0.478. The zero-order valence-electron chi connectivity index (χ0n) is 16.9. The Morgan fingerprint density at radius 2 is 1.52 bits per heavy atom. The quantitative estimate of drug-likeness (QED) is 0.368. The van der Waals surface area contributed by atoms with Gasteiger partial charge in [0.15, 0.2) is 0 Å². The maximum Gasteiger partial charge on any atom is 0.122 e. The molecule has 0 atom stereocenters. The van der Waals surface area contributed by atoms with Gasteiger partial charge in [-0.15, -0.1) is 0 Å². The smallest absolute Gasteiger partial charge is 0.122 e. The molecule has 0 aliphatic rings. The molecule has 3 rings (SSSR count). The topological polar surface area (TPSA) is 36.9 Å². The van der Waals surface area contributed by atoms with Gasteiger partial charge >= 0.3 is 0 Å². The van der Waals surface area contributed by atoms with Gasteiger partial charge in [0.25, 0.3) is 0 Å². The summed E-state index contributed by atoms with van der Waals surface area (Å²) < 4.78 is 23.0. The van der Waals surface area contributed by atoms with Crippen molar-refractivity contribution in [3.05, 3.63) is 76.3 Å². The van der Waals surface area contributed by atoms with Gasteiger partial charge in [-0.2, -0.15) is 0 Å². The van der Waals surface area contributed by atoms with Crippen molar-refractivity contribution < 1.29 is 18.9 Å². The summed E-state index contributed by atoms with van der Waals surface area (Å²) in [5, 5.41) is 0. The van der Waals surface area contributed by atoms with Gasteiger partial charge in [0.1, 0.15) is 30.5 Å². The summed E-state index contributed by atoms with van der Waals surface area (Å²) in [5.41, 5.74) is 4.37. The van der Waals surface area contributed by atoms with Crippen LogP contribution in [0, 0.1) is 6.92 Å². The average molecular weight is 457 g/mol. The van der Waals surface area contributed by atoms with E-state index in [-0.39, 0.29) is 0 Å². The molecule has 0 N–H and O–H groups in total. The fraction of sp³-hybridized carbons (Fsp3) is 0.250. The maximum atomic E-state index is 6.01. The van der Waals surface area contributed by atoms with Gasteiger partial charge in [-0.3, -0.25) is 0 Å². The highest BCUT2D eigenvalue weighted by molar-refractivity contribution is 9.10. The number of aryl methyl sites for hydroxylation is 1. The Bertz CT molecular complexity index is 938. The fourth-order valence-electron chi connectivity index (χ4n) is 2.96. The number of hydrogen-bond donors (Lipinski definition) is 0. The van der Waals surface area contributed by atoms with Gasteiger partial charge in [0.05, 0.1) is 13.7 Å². The molecule has 0 saturated heterocycles. The zero-order chi connectivity index (χ0) is 20.6. The molecular weight excluding hydrogens is 432 g/mol. The highest BCUT2D eigenvalue weighted by Crippen LogP contribution is 2.28. The summed E-state index contributed by atoms with van der Waals surface area (Å²) in [7, 11) is 3.33. The van der Waals surface area contributed by atoms with Gasteiger partial charge in [0, 0.05) is 11.6 Å². The second-order valence-electron chi connectivity index (χ2n) is 6.63. The summed E-state index contributed by atoms with van der Waals surface area (Å²) in [6.45, 7) is 3.59. The van der Waals surface area contributed by atoms with Crippen LogP contribution in [0.25, 0.3) is 11.1 Å². The van der Waals surface area contributed by atoms with Crippen LogP contribution in [0.5, 0.6) is 17.2 Å². The SMILES string of the molecule is COCCOc1ccc(OCc2cc(Br)cc(-c3ccc(OC)cc3)c2)cc1C. The highest BCUT2D eigenvalue weighted by atomic mass is 79.9. The van der Waals surface area contributed by atoms with E-state index in [1.165, 1.54) is 0 Å². The van der Waals surface area contributed by atoms with Crippen molar-refractivity contribution in [2.75, 3.05) is 27.4 Å². The molecule has 4 nitrogen and oxygen atoms in total. The zero-order valence-corrected chi connectivity index (χ0v) is 18.5. The van der Waals surface area contributed by atoms with Crippen LogP contribution in [-0.4, -0.2) is 27.4 Å². The van der Waals surface area contributed by atoms with Crippen LogP contribution >= 0.6 is 15.9 Å². The standard InChI is InChI=1S/C24H25BrO4/c1-17-12-23(8-9-24(17)28-11-10-26-2)29-16-18-13-20(15-21(25)14-18)19-4-6-22(27-3)7-5-19/h4-9,12-15H,10-11,16H2,1-3H3. The fourth-order valence-corrected chi connectivity index (χ4v) is 3.50. The molecule has 3 aromatic carbocycles. The van der Waals surface area contributed by atoms with Gasteiger partial charge in [0.2, 0.25) is 0 Å². The van der Waals surface area contributed by atoms with E-state index < -0.39 is 0 Å². The van der Waals surface area contributed by atoms with Gasteiger partial charge in [-0.1, -0.05) is 28.1 Å². The molecule has 152 valence electrons. The van der Waals surface area contributed by atoms with E-state index in [4.69, 9.17) is 18.9 Å². The van der Waals surface area contributed by atoms with Crippen molar-refractivity contribution in [2.24, 2.45) is 0 Å². The molecule has 0 heterocycles. The molecule has 29 heavy (non-hydrogen) atoms. The van der Waals surface area contributed by atoms with Crippen molar-refractivity contribution >= 4 is 15.9 Å². The average Bonchev–Trinajstić information content (AvgIpc) is 2.73. The lowest BCUT2D eigenvalue weighted by molar-refractivity contribution is 0.146. The molecule has 0 bridgehead atoms. The van der Waals surface area contributed by atoms with Crippen molar-refractivity contribution in [2.45, 2.75) is 13.5 Å². The monoisotopic (exact) mass is 456 g/mol. The first kappa shape index (κ1) is 21.2. The third-order valence-electron chi connectivity index (χ3n) is 4.48. The van der Waals surface area contributed by atoms with Gasteiger partial charge < -0.3 is 18.9 Å². The molecule has 0 unspecified atom stereocenters. The van der Waals surface area contributed by atoms with Crippen molar-refractivity contribution in [1.29, 1.82) is 0 Å². The lowest BCUT2D eigenvalue weighted by Crippen LogP contribution is -2.05. The van der Waals surface area contributed by atoms with Gasteiger partial charge in [-0.05, 0) is 77.7 Å². The second kappa shape index (κ2) is 10.3. The molecule has 0 amide bonds. The van der Waals surface area contributed by atoms with Crippen LogP contribution < -0.4 is 14.2 Å². The Morgan fingerprint density at radius 3 is 2.21 bits per heavy atom. The van der Waals surface area contributed by atoms with E-state index in [0.29, 0.717) is 19.8 Å². The van der Waals surface area contributed by atoms with E-state index in [2.05, 4.69) is 46.3 Å². The van der Waals surface area contributed by atoms with E-state index in [1.807, 2.05) is 37.3 Å².